The molecule has 0 amide bonds. The van der Waals surface area contributed by atoms with E-state index in [-0.39, 0.29) is 12.2 Å². The third-order valence-electron chi connectivity index (χ3n) is 1.59. The van der Waals surface area contributed by atoms with Crippen LogP contribution in [-0.4, -0.2) is 28.6 Å². The third-order valence-corrected chi connectivity index (χ3v) is 1.59. The number of rotatable bonds is 4. The summed E-state index contributed by atoms with van der Waals surface area (Å²) in [5, 5.41) is 12.7. The maximum atomic E-state index is 11.2. The molecular formula is C8H12N2O3. The Morgan fingerprint density at radius 3 is 3.00 bits per heavy atom. The Labute approximate surface area is 75.6 Å². The van der Waals surface area contributed by atoms with Gasteiger partial charge in [0.25, 0.3) is 5.56 Å². The van der Waals surface area contributed by atoms with E-state index in [0.29, 0.717) is 18.8 Å². The SMILES string of the molecule is COCCn1nc(CO)ccc1=O. The Kier molecular flexibility index (Phi) is 3.60. The van der Waals surface area contributed by atoms with Crippen LogP contribution in [0.3, 0.4) is 0 Å². The van der Waals surface area contributed by atoms with Crippen LogP contribution in [0.15, 0.2) is 16.9 Å². The molecule has 0 bridgehead atoms. The largest absolute Gasteiger partial charge is 0.390 e. The number of hydrogen-bond donors (Lipinski definition) is 1. The molecule has 0 atom stereocenters. The van der Waals surface area contributed by atoms with E-state index >= 15 is 0 Å². The fourth-order valence-corrected chi connectivity index (χ4v) is 0.913. The molecule has 1 aromatic heterocycles. The zero-order chi connectivity index (χ0) is 9.68. The Balaban J connectivity index is 2.84. The van der Waals surface area contributed by atoms with Gasteiger partial charge >= 0.3 is 0 Å². The van der Waals surface area contributed by atoms with E-state index in [2.05, 4.69) is 5.10 Å². The maximum absolute atomic E-state index is 11.2. The van der Waals surface area contributed by atoms with E-state index in [4.69, 9.17) is 9.84 Å². The number of ether oxygens (including phenoxy) is 1. The van der Waals surface area contributed by atoms with Gasteiger partial charge in [-0.25, -0.2) is 4.68 Å². The highest BCUT2D eigenvalue weighted by Gasteiger charge is 1.98. The highest BCUT2D eigenvalue weighted by atomic mass is 16.5. The van der Waals surface area contributed by atoms with Crippen LogP contribution in [0.2, 0.25) is 0 Å². The average molecular weight is 184 g/mol. The third kappa shape index (κ3) is 2.64. The van der Waals surface area contributed by atoms with Gasteiger partial charge in [0.2, 0.25) is 0 Å². The van der Waals surface area contributed by atoms with Gasteiger partial charge in [0.05, 0.1) is 25.5 Å². The first-order valence-corrected chi connectivity index (χ1v) is 3.94. The van der Waals surface area contributed by atoms with Gasteiger partial charge in [0, 0.05) is 13.2 Å². The Morgan fingerprint density at radius 1 is 1.62 bits per heavy atom. The van der Waals surface area contributed by atoms with Gasteiger partial charge in [0.15, 0.2) is 0 Å². The molecule has 0 aliphatic rings. The van der Waals surface area contributed by atoms with Gasteiger partial charge in [0.1, 0.15) is 0 Å². The molecule has 5 nitrogen and oxygen atoms in total. The first kappa shape index (κ1) is 9.88. The van der Waals surface area contributed by atoms with Gasteiger partial charge < -0.3 is 9.84 Å². The van der Waals surface area contributed by atoms with Crippen molar-refractivity contribution < 1.29 is 9.84 Å². The van der Waals surface area contributed by atoms with E-state index in [1.807, 2.05) is 0 Å². The number of nitrogens with zero attached hydrogens (tertiary/aromatic N) is 2. The number of hydrogen-bond acceptors (Lipinski definition) is 4. The van der Waals surface area contributed by atoms with Gasteiger partial charge in [-0.15, -0.1) is 0 Å². The zero-order valence-electron chi connectivity index (χ0n) is 7.43. The normalized spacial score (nSPS) is 10.3. The van der Waals surface area contributed by atoms with Gasteiger partial charge in [-0.2, -0.15) is 5.10 Å². The van der Waals surface area contributed by atoms with Crippen LogP contribution in [0.5, 0.6) is 0 Å². The summed E-state index contributed by atoms with van der Waals surface area (Å²) < 4.78 is 6.08. The summed E-state index contributed by atoms with van der Waals surface area (Å²) in [6, 6.07) is 2.89. The Bertz CT molecular complexity index is 321. The summed E-state index contributed by atoms with van der Waals surface area (Å²) in [5.74, 6) is 0. The predicted octanol–water partition coefficient (Wildman–Crippen LogP) is -0.618. The molecule has 1 N–H and O–H groups in total. The van der Waals surface area contributed by atoms with Crippen molar-refractivity contribution in [3.05, 3.63) is 28.2 Å². The van der Waals surface area contributed by atoms with Gasteiger partial charge in [-0.1, -0.05) is 0 Å². The predicted molar refractivity (Wildman–Crippen MR) is 46.3 cm³/mol. The number of aliphatic hydroxyl groups is 1. The molecule has 0 radical (unpaired) electrons. The highest BCUT2D eigenvalue weighted by molar-refractivity contribution is 4.98. The molecule has 0 fully saturated rings. The lowest BCUT2D eigenvalue weighted by Crippen LogP contribution is -2.24. The first-order valence-electron chi connectivity index (χ1n) is 3.94. The lowest BCUT2D eigenvalue weighted by Gasteiger charge is -2.04. The van der Waals surface area contributed by atoms with E-state index < -0.39 is 0 Å². The number of aliphatic hydroxyl groups excluding tert-OH is 1. The van der Waals surface area contributed by atoms with Crippen LogP contribution in [-0.2, 0) is 17.9 Å². The average Bonchev–Trinajstić information content (AvgIpc) is 2.17. The fraction of sp³-hybridized carbons (Fsp3) is 0.500. The monoisotopic (exact) mass is 184 g/mol. The standard InChI is InChI=1S/C8H12N2O3/c1-13-5-4-10-8(12)3-2-7(6-11)9-10/h2-3,11H,4-6H2,1H3. The molecule has 1 aromatic rings. The number of methoxy groups -OCH3 is 1. The molecule has 1 rings (SSSR count). The number of aromatic nitrogens is 2. The first-order chi connectivity index (χ1) is 6.27. The minimum Gasteiger partial charge on any atom is -0.390 e. The molecule has 0 aromatic carbocycles. The summed E-state index contributed by atoms with van der Waals surface area (Å²) in [7, 11) is 1.56. The van der Waals surface area contributed by atoms with Crippen molar-refractivity contribution >= 4 is 0 Å². The minimum absolute atomic E-state index is 0.159. The van der Waals surface area contributed by atoms with Crippen LogP contribution in [0, 0.1) is 0 Å². The van der Waals surface area contributed by atoms with Crippen molar-refractivity contribution in [2.45, 2.75) is 13.2 Å². The molecule has 0 saturated carbocycles. The molecular weight excluding hydrogens is 172 g/mol. The van der Waals surface area contributed by atoms with Crippen LogP contribution in [0.4, 0.5) is 0 Å². The van der Waals surface area contributed by atoms with Crippen LogP contribution < -0.4 is 5.56 Å². The van der Waals surface area contributed by atoms with E-state index in [9.17, 15) is 4.79 Å². The second kappa shape index (κ2) is 4.74. The maximum Gasteiger partial charge on any atom is 0.266 e. The topological polar surface area (TPSA) is 64.3 Å². The molecule has 72 valence electrons. The van der Waals surface area contributed by atoms with Gasteiger partial charge in [-0.05, 0) is 6.07 Å². The van der Waals surface area contributed by atoms with E-state index in [1.165, 1.54) is 16.8 Å². The van der Waals surface area contributed by atoms with Crippen LogP contribution in [0.25, 0.3) is 0 Å². The van der Waals surface area contributed by atoms with Crippen molar-refractivity contribution in [2.24, 2.45) is 0 Å². The van der Waals surface area contributed by atoms with Crippen molar-refractivity contribution in [1.29, 1.82) is 0 Å². The van der Waals surface area contributed by atoms with Crippen LogP contribution >= 0.6 is 0 Å². The lowest BCUT2D eigenvalue weighted by atomic mass is 10.4. The molecule has 0 aliphatic heterocycles. The fourth-order valence-electron chi connectivity index (χ4n) is 0.913. The summed E-state index contributed by atoms with van der Waals surface area (Å²) in [5.41, 5.74) is 0.296. The molecule has 0 spiro atoms. The van der Waals surface area contributed by atoms with Crippen molar-refractivity contribution in [1.82, 2.24) is 9.78 Å². The Morgan fingerprint density at radius 2 is 2.38 bits per heavy atom. The minimum atomic E-state index is -0.186. The second-order valence-corrected chi connectivity index (χ2v) is 2.54. The van der Waals surface area contributed by atoms with E-state index in [0.717, 1.165) is 0 Å². The van der Waals surface area contributed by atoms with Crippen molar-refractivity contribution in [2.75, 3.05) is 13.7 Å². The quantitative estimate of drug-likeness (QED) is 0.677. The molecule has 13 heavy (non-hydrogen) atoms. The molecule has 0 saturated heterocycles. The summed E-state index contributed by atoms with van der Waals surface area (Å²) in [6.45, 7) is 0.679. The summed E-state index contributed by atoms with van der Waals surface area (Å²) in [4.78, 5) is 11.2. The van der Waals surface area contributed by atoms with Gasteiger partial charge in [-0.3, -0.25) is 4.79 Å². The summed E-state index contributed by atoms with van der Waals surface area (Å²) in [6.07, 6.45) is 0. The zero-order valence-corrected chi connectivity index (χ0v) is 7.43. The Hall–Kier alpha value is -1.20. The van der Waals surface area contributed by atoms with Crippen LogP contribution in [0.1, 0.15) is 5.69 Å². The lowest BCUT2D eigenvalue weighted by molar-refractivity contribution is 0.180. The van der Waals surface area contributed by atoms with Crippen molar-refractivity contribution in [3.8, 4) is 0 Å². The summed E-state index contributed by atoms with van der Waals surface area (Å²) >= 11 is 0. The smallest absolute Gasteiger partial charge is 0.266 e. The molecule has 1 heterocycles. The van der Waals surface area contributed by atoms with E-state index in [1.54, 1.807) is 7.11 Å². The molecule has 0 unspecified atom stereocenters. The molecule has 5 heteroatoms. The van der Waals surface area contributed by atoms with Crippen molar-refractivity contribution in [3.63, 3.8) is 0 Å². The molecule has 0 aliphatic carbocycles. The highest BCUT2D eigenvalue weighted by Crippen LogP contribution is 1.88. The second-order valence-electron chi connectivity index (χ2n) is 2.54.